The van der Waals surface area contributed by atoms with Gasteiger partial charge in [-0.05, 0) is 12.1 Å². The molecule has 0 saturated carbocycles. The summed E-state index contributed by atoms with van der Waals surface area (Å²) in [6.07, 6.45) is -2.78. The number of rotatable bonds is 5. The van der Waals surface area contributed by atoms with Crippen molar-refractivity contribution >= 4 is 27.3 Å². The van der Waals surface area contributed by atoms with Crippen LogP contribution in [0.15, 0.2) is 16.3 Å². The SMILES string of the molecule is CN(CC(F)F)S(=O)(=O)c1ccc(C(=O)O)s1. The minimum atomic E-state index is -4.04. The molecule has 0 bridgehead atoms. The highest BCUT2D eigenvalue weighted by molar-refractivity contribution is 7.91. The Labute approximate surface area is 100 Å². The predicted molar refractivity (Wildman–Crippen MR) is 57.1 cm³/mol. The number of carbonyl (C=O) groups is 1. The Morgan fingerprint density at radius 1 is 1.53 bits per heavy atom. The van der Waals surface area contributed by atoms with Crippen molar-refractivity contribution in [3.8, 4) is 0 Å². The summed E-state index contributed by atoms with van der Waals surface area (Å²) in [5, 5.41) is 8.63. The molecule has 9 heteroatoms. The molecule has 96 valence electrons. The Kier molecular flexibility index (Phi) is 4.17. The van der Waals surface area contributed by atoms with Gasteiger partial charge in [0.05, 0.1) is 6.54 Å². The second kappa shape index (κ2) is 5.07. The molecule has 0 atom stereocenters. The number of halogens is 2. The van der Waals surface area contributed by atoms with Gasteiger partial charge in [-0.15, -0.1) is 11.3 Å². The van der Waals surface area contributed by atoms with Crippen LogP contribution in [0.3, 0.4) is 0 Å². The standard InChI is InChI=1S/C8H9F2NO4S2/c1-11(4-6(9)10)17(14,15)7-3-2-5(16-7)8(12)13/h2-3,6H,4H2,1H3,(H,12,13). The molecule has 1 rings (SSSR count). The topological polar surface area (TPSA) is 74.7 Å². The lowest BCUT2D eigenvalue weighted by atomic mass is 10.5. The number of nitrogens with zero attached hydrogens (tertiary/aromatic N) is 1. The molecule has 1 aromatic rings. The van der Waals surface area contributed by atoms with E-state index in [0.29, 0.717) is 15.6 Å². The molecule has 0 unspecified atom stereocenters. The molecule has 1 aromatic heterocycles. The molecule has 0 amide bonds. The van der Waals surface area contributed by atoms with Crippen molar-refractivity contribution in [2.24, 2.45) is 0 Å². The first-order valence-electron chi connectivity index (χ1n) is 4.32. The number of hydrogen-bond donors (Lipinski definition) is 1. The van der Waals surface area contributed by atoms with Crippen LogP contribution in [0, 0.1) is 0 Å². The van der Waals surface area contributed by atoms with E-state index in [1.165, 1.54) is 0 Å². The van der Waals surface area contributed by atoms with Crippen LogP contribution in [0.5, 0.6) is 0 Å². The van der Waals surface area contributed by atoms with Crippen LogP contribution in [-0.2, 0) is 10.0 Å². The summed E-state index contributed by atoms with van der Waals surface area (Å²) in [7, 11) is -3.02. The third kappa shape index (κ3) is 3.20. The Balaban J connectivity index is 3.00. The van der Waals surface area contributed by atoms with E-state index in [-0.39, 0.29) is 9.09 Å². The van der Waals surface area contributed by atoms with Crippen LogP contribution in [0.4, 0.5) is 8.78 Å². The smallest absolute Gasteiger partial charge is 0.345 e. The van der Waals surface area contributed by atoms with Gasteiger partial charge in [-0.2, -0.15) is 4.31 Å². The number of carboxylic acid groups (broad SMARTS) is 1. The molecule has 0 aliphatic heterocycles. The second-order valence-corrected chi connectivity index (χ2v) is 6.46. The van der Waals surface area contributed by atoms with E-state index in [1.807, 2.05) is 0 Å². The molecule has 5 nitrogen and oxygen atoms in total. The van der Waals surface area contributed by atoms with Crippen molar-refractivity contribution < 1.29 is 27.1 Å². The van der Waals surface area contributed by atoms with Crippen LogP contribution < -0.4 is 0 Å². The molecule has 0 aliphatic rings. The fourth-order valence-electron chi connectivity index (χ4n) is 1.02. The maximum absolute atomic E-state index is 12.1. The lowest BCUT2D eigenvalue weighted by Gasteiger charge is -2.14. The maximum Gasteiger partial charge on any atom is 0.345 e. The van der Waals surface area contributed by atoms with Gasteiger partial charge >= 0.3 is 5.97 Å². The first-order valence-corrected chi connectivity index (χ1v) is 6.58. The van der Waals surface area contributed by atoms with Crippen LogP contribution >= 0.6 is 11.3 Å². The molecule has 0 spiro atoms. The van der Waals surface area contributed by atoms with Crippen LogP contribution in [0.1, 0.15) is 9.67 Å². The minimum absolute atomic E-state index is 0.158. The third-order valence-electron chi connectivity index (χ3n) is 1.85. The first-order chi connectivity index (χ1) is 7.75. The first kappa shape index (κ1) is 14.0. The zero-order chi connectivity index (χ0) is 13.2. The quantitative estimate of drug-likeness (QED) is 0.885. The van der Waals surface area contributed by atoms with Gasteiger partial charge in [0, 0.05) is 7.05 Å². The zero-order valence-electron chi connectivity index (χ0n) is 8.63. The summed E-state index contributed by atoms with van der Waals surface area (Å²) in [5.74, 6) is -1.26. The Hall–Kier alpha value is -1.06. The molecule has 0 aliphatic carbocycles. The summed E-state index contributed by atoms with van der Waals surface area (Å²) >= 11 is 0.529. The van der Waals surface area contributed by atoms with E-state index < -0.39 is 29.0 Å². The lowest BCUT2D eigenvalue weighted by Crippen LogP contribution is -2.30. The molecule has 1 heterocycles. The molecule has 0 fully saturated rings. The Morgan fingerprint density at radius 3 is 2.53 bits per heavy atom. The van der Waals surface area contributed by atoms with Gasteiger partial charge in [0.25, 0.3) is 16.4 Å². The predicted octanol–water partition coefficient (Wildman–Crippen LogP) is 1.33. The minimum Gasteiger partial charge on any atom is -0.477 e. The average molecular weight is 285 g/mol. The van der Waals surface area contributed by atoms with Gasteiger partial charge in [0.2, 0.25) is 0 Å². The molecule has 0 radical (unpaired) electrons. The van der Waals surface area contributed by atoms with Crippen LogP contribution in [0.2, 0.25) is 0 Å². The number of carboxylic acids is 1. The van der Waals surface area contributed by atoms with Crippen molar-refractivity contribution in [3.63, 3.8) is 0 Å². The van der Waals surface area contributed by atoms with Crippen molar-refractivity contribution in [2.75, 3.05) is 13.6 Å². The third-order valence-corrected chi connectivity index (χ3v) is 5.22. The van der Waals surface area contributed by atoms with Gasteiger partial charge in [-0.25, -0.2) is 22.0 Å². The monoisotopic (exact) mass is 285 g/mol. The normalized spacial score (nSPS) is 12.3. The summed E-state index contributed by atoms with van der Waals surface area (Å²) in [6, 6.07) is 2.21. The van der Waals surface area contributed by atoms with Crippen LogP contribution in [-0.4, -0.2) is 43.8 Å². The number of aromatic carboxylic acids is 1. The van der Waals surface area contributed by atoms with Crippen molar-refractivity contribution in [2.45, 2.75) is 10.6 Å². The largest absolute Gasteiger partial charge is 0.477 e. The van der Waals surface area contributed by atoms with Crippen molar-refractivity contribution in [1.82, 2.24) is 4.31 Å². The van der Waals surface area contributed by atoms with Gasteiger partial charge in [0.15, 0.2) is 0 Å². The van der Waals surface area contributed by atoms with Crippen molar-refractivity contribution in [1.29, 1.82) is 0 Å². The van der Waals surface area contributed by atoms with Gasteiger partial charge in [-0.1, -0.05) is 0 Å². The second-order valence-electron chi connectivity index (χ2n) is 3.10. The summed E-state index contributed by atoms with van der Waals surface area (Å²) in [6.45, 7) is -0.928. The highest BCUT2D eigenvalue weighted by Gasteiger charge is 2.26. The fraction of sp³-hybridized carbons (Fsp3) is 0.375. The van der Waals surface area contributed by atoms with E-state index in [2.05, 4.69) is 0 Å². The van der Waals surface area contributed by atoms with Crippen molar-refractivity contribution in [3.05, 3.63) is 17.0 Å². The van der Waals surface area contributed by atoms with E-state index in [4.69, 9.17) is 5.11 Å². The molecule has 17 heavy (non-hydrogen) atoms. The van der Waals surface area contributed by atoms with E-state index in [0.717, 1.165) is 19.2 Å². The Bertz CT molecular complexity index is 511. The zero-order valence-corrected chi connectivity index (χ0v) is 10.3. The average Bonchev–Trinajstić information content (AvgIpc) is 2.65. The fourth-order valence-corrected chi connectivity index (χ4v) is 3.52. The number of alkyl halides is 2. The van der Waals surface area contributed by atoms with Gasteiger partial charge in [-0.3, -0.25) is 0 Å². The summed E-state index contributed by atoms with van der Waals surface area (Å²) in [4.78, 5) is 10.4. The van der Waals surface area contributed by atoms with E-state index >= 15 is 0 Å². The lowest BCUT2D eigenvalue weighted by molar-refractivity contribution is 0.0702. The van der Waals surface area contributed by atoms with Gasteiger partial charge in [0.1, 0.15) is 9.09 Å². The highest BCUT2D eigenvalue weighted by Crippen LogP contribution is 2.24. The summed E-state index contributed by atoms with van der Waals surface area (Å²) < 4.78 is 47.8. The molecular weight excluding hydrogens is 276 g/mol. The number of hydrogen-bond acceptors (Lipinski definition) is 4. The Morgan fingerprint density at radius 2 is 2.12 bits per heavy atom. The van der Waals surface area contributed by atoms with E-state index in [1.54, 1.807) is 0 Å². The number of sulfonamides is 1. The molecule has 0 aromatic carbocycles. The molecule has 0 saturated heterocycles. The van der Waals surface area contributed by atoms with Crippen LogP contribution in [0.25, 0.3) is 0 Å². The van der Waals surface area contributed by atoms with E-state index in [9.17, 15) is 22.0 Å². The molecular formula is C8H9F2NO4S2. The highest BCUT2D eigenvalue weighted by atomic mass is 32.2. The number of thiophene rings is 1. The summed E-state index contributed by atoms with van der Waals surface area (Å²) in [5.41, 5.74) is 0. The maximum atomic E-state index is 12.1. The van der Waals surface area contributed by atoms with Gasteiger partial charge < -0.3 is 5.11 Å². The molecule has 1 N–H and O–H groups in total.